The van der Waals surface area contributed by atoms with Crippen LogP contribution in [0.4, 0.5) is 5.69 Å². The van der Waals surface area contributed by atoms with E-state index < -0.39 is 15.8 Å². The van der Waals surface area contributed by atoms with E-state index in [2.05, 4.69) is 10.3 Å². The zero-order valence-electron chi connectivity index (χ0n) is 18.1. The molecule has 8 nitrogen and oxygen atoms in total. The Labute approximate surface area is 198 Å². The molecule has 2 aliphatic heterocycles. The van der Waals surface area contributed by atoms with Gasteiger partial charge in [-0.2, -0.15) is 4.31 Å². The van der Waals surface area contributed by atoms with E-state index in [0.29, 0.717) is 30.0 Å². The van der Waals surface area contributed by atoms with E-state index in [1.807, 2.05) is 12.1 Å². The molecular formula is C23H26ClN3O5S. The summed E-state index contributed by atoms with van der Waals surface area (Å²) < 4.78 is 39.4. The van der Waals surface area contributed by atoms with Crippen LogP contribution < -0.4 is 14.8 Å². The van der Waals surface area contributed by atoms with Gasteiger partial charge in [0.25, 0.3) is 5.79 Å². The van der Waals surface area contributed by atoms with Gasteiger partial charge in [0.15, 0.2) is 11.5 Å². The number of aromatic nitrogens is 1. The molecule has 1 saturated heterocycles. The summed E-state index contributed by atoms with van der Waals surface area (Å²) in [4.78, 5) is 16.7. The highest BCUT2D eigenvalue weighted by Gasteiger charge is 2.42. The van der Waals surface area contributed by atoms with Gasteiger partial charge in [0.05, 0.1) is 0 Å². The van der Waals surface area contributed by atoms with Gasteiger partial charge in [0.1, 0.15) is 10.0 Å². The number of rotatable bonds is 4. The molecule has 2 fully saturated rings. The first-order valence-electron chi connectivity index (χ1n) is 11.3. The zero-order valence-corrected chi connectivity index (χ0v) is 19.7. The molecule has 1 aliphatic carbocycles. The Morgan fingerprint density at radius 1 is 1.09 bits per heavy atom. The highest BCUT2D eigenvalue weighted by molar-refractivity contribution is 7.89. The summed E-state index contributed by atoms with van der Waals surface area (Å²) >= 11 is 5.99. The van der Waals surface area contributed by atoms with Gasteiger partial charge in [-0.05, 0) is 49.9 Å². The zero-order chi connectivity index (χ0) is 23.1. The van der Waals surface area contributed by atoms with Gasteiger partial charge in [0, 0.05) is 49.8 Å². The van der Waals surface area contributed by atoms with Crippen LogP contribution in [0, 0.1) is 5.92 Å². The van der Waals surface area contributed by atoms with Crippen molar-refractivity contribution >= 4 is 33.2 Å². The topological polar surface area (TPSA) is 97.8 Å². The van der Waals surface area contributed by atoms with Crippen molar-refractivity contribution in [3.63, 3.8) is 0 Å². The number of carbonyl (C=O) groups is 1. The van der Waals surface area contributed by atoms with Crippen molar-refractivity contribution in [1.29, 1.82) is 0 Å². The maximum absolute atomic E-state index is 12.9. The van der Waals surface area contributed by atoms with Crippen molar-refractivity contribution in [3.8, 4) is 11.5 Å². The molecule has 1 amide bonds. The lowest BCUT2D eigenvalue weighted by Gasteiger charge is -2.31. The van der Waals surface area contributed by atoms with Crippen LogP contribution in [-0.4, -0.2) is 42.5 Å². The van der Waals surface area contributed by atoms with Crippen LogP contribution in [0.2, 0.25) is 5.15 Å². The number of nitrogens with zero attached hydrogens (tertiary/aromatic N) is 2. The molecule has 10 heteroatoms. The summed E-state index contributed by atoms with van der Waals surface area (Å²) in [7, 11) is -3.74. The van der Waals surface area contributed by atoms with Crippen molar-refractivity contribution in [2.45, 2.75) is 55.6 Å². The Hall–Kier alpha value is -2.36. The van der Waals surface area contributed by atoms with E-state index in [1.165, 1.54) is 23.0 Å². The minimum Gasteiger partial charge on any atom is -0.448 e. The summed E-state index contributed by atoms with van der Waals surface area (Å²) in [5.41, 5.74) is 0.646. The molecule has 176 valence electrons. The minimum absolute atomic E-state index is 0.00864. The number of anilines is 1. The summed E-state index contributed by atoms with van der Waals surface area (Å²) in [6.07, 6.45) is 7.40. The number of pyridine rings is 1. The van der Waals surface area contributed by atoms with Crippen molar-refractivity contribution in [3.05, 3.63) is 41.7 Å². The summed E-state index contributed by atoms with van der Waals surface area (Å²) in [5.74, 6) is 0.402. The molecule has 2 aromatic rings. The second-order valence-electron chi connectivity index (χ2n) is 8.80. The maximum atomic E-state index is 12.9. The van der Waals surface area contributed by atoms with Crippen molar-refractivity contribution in [1.82, 2.24) is 9.29 Å². The first kappa shape index (κ1) is 22.4. The normalized spacial score (nSPS) is 20.6. The molecule has 3 aliphatic rings. The second kappa shape index (κ2) is 8.77. The van der Waals surface area contributed by atoms with Crippen molar-refractivity contribution < 1.29 is 22.7 Å². The Morgan fingerprint density at radius 2 is 1.82 bits per heavy atom. The number of nitrogens with one attached hydrogen (secondary N) is 1. The van der Waals surface area contributed by atoms with Crippen LogP contribution >= 0.6 is 11.6 Å². The Kier molecular flexibility index (Phi) is 5.96. The highest BCUT2D eigenvalue weighted by atomic mass is 35.5. The third-order valence-electron chi connectivity index (χ3n) is 6.59. The van der Waals surface area contributed by atoms with Gasteiger partial charge in [-0.3, -0.25) is 4.79 Å². The van der Waals surface area contributed by atoms with Gasteiger partial charge in [-0.1, -0.05) is 18.0 Å². The number of amides is 1. The van der Waals surface area contributed by atoms with Crippen molar-refractivity contribution in [2.75, 3.05) is 18.4 Å². The first-order valence-corrected chi connectivity index (χ1v) is 13.1. The molecule has 0 atom stereocenters. The number of hydrogen-bond acceptors (Lipinski definition) is 6. The van der Waals surface area contributed by atoms with Gasteiger partial charge in [0.2, 0.25) is 15.9 Å². The van der Waals surface area contributed by atoms with Crippen LogP contribution in [0.5, 0.6) is 11.5 Å². The average Bonchev–Trinajstić information content (AvgIpc) is 3.16. The Morgan fingerprint density at radius 3 is 2.55 bits per heavy atom. The number of fused-ring (bicyclic) bond motifs is 1. The third kappa shape index (κ3) is 4.41. The van der Waals surface area contributed by atoms with Gasteiger partial charge >= 0.3 is 0 Å². The first-order chi connectivity index (χ1) is 15.9. The number of benzene rings is 1. The second-order valence-corrected chi connectivity index (χ2v) is 11.1. The Balaban J connectivity index is 1.20. The SMILES string of the molecule is O=C(Nc1ccc2c(c1)OC1(CCCCC1)O2)C1CCN(S(=O)(=O)c2cccnc2Cl)CC1. The number of piperidine rings is 1. The molecule has 1 spiro atoms. The van der Waals surface area contributed by atoms with E-state index in [0.717, 1.165) is 25.7 Å². The van der Waals surface area contributed by atoms with Crippen LogP contribution in [0.15, 0.2) is 41.4 Å². The lowest BCUT2D eigenvalue weighted by Crippen LogP contribution is -2.41. The van der Waals surface area contributed by atoms with Crippen LogP contribution in [0.25, 0.3) is 0 Å². The number of hydrogen-bond donors (Lipinski definition) is 1. The number of carbonyl (C=O) groups excluding carboxylic acids is 1. The molecule has 33 heavy (non-hydrogen) atoms. The standard InChI is InChI=1S/C23H26ClN3O5S/c24-21-20(5-4-12-25-21)33(29,30)27-13-8-16(9-14-27)22(28)26-17-6-7-18-19(15-17)32-23(31-18)10-2-1-3-11-23/h4-7,12,15-16H,1-3,8-11,13-14H2,(H,26,28). The summed E-state index contributed by atoms with van der Waals surface area (Å²) in [6.45, 7) is 0.491. The monoisotopic (exact) mass is 491 g/mol. The van der Waals surface area contributed by atoms with E-state index in [1.54, 1.807) is 12.1 Å². The van der Waals surface area contributed by atoms with Gasteiger partial charge < -0.3 is 14.8 Å². The molecule has 1 N–H and O–H groups in total. The molecule has 3 heterocycles. The third-order valence-corrected chi connectivity index (χ3v) is 8.93. The fourth-order valence-electron chi connectivity index (χ4n) is 4.77. The molecule has 1 aromatic carbocycles. The molecule has 1 saturated carbocycles. The van der Waals surface area contributed by atoms with Crippen LogP contribution in [0.3, 0.4) is 0 Å². The molecule has 0 radical (unpaired) electrons. The number of ether oxygens (including phenoxy) is 2. The van der Waals surface area contributed by atoms with E-state index in [-0.39, 0.29) is 35.0 Å². The van der Waals surface area contributed by atoms with Gasteiger partial charge in [-0.25, -0.2) is 13.4 Å². The van der Waals surface area contributed by atoms with Gasteiger partial charge in [-0.15, -0.1) is 0 Å². The van der Waals surface area contributed by atoms with E-state index in [4.69, 9.17) is 21.1 Å². The number of halogens is 1. The quantitative estimate of drug-likeness (QED) is 0.643. The number of sulfonamides is 1. The fraction of sp³-hybridized carbons (Fsp3) is 0.478. The highest BCUT2D eigenvalue weighted by Crippen LogP contribution is 2.46. The fourth-order valence-corrected chi connectivity index (χ4v) is 6.67. The smallest absolute Gasteiger partial charge is 0.251 e. The molecule has 1 aromatic heterocycles. The van der Waals surface area contributed by atoms with E-state index in [9.17, 15) is 13.2 Å². The average molecular weight is 492 g/mol. The summed E-state index contributed by atoms with van der Waals surface area (Å²) in [5, 5.41) is 2.91. The lowest BCUT2D eigenvalue weighted by molar-refractivity contribution is -0.120. The minimum atomic E-state index is -3.74. The van der Waals surface area contributed by atoms with Crippen LogP contribution in [0.1, 0.15) is 44.9 Å². The molecule has 0 bridgehead atoms. The molecule has 5 rings (SSSR count). The van der Waals surface area contributed by atoms with E-state index >= 15 is 0 Å². The van der Waals surface area contributed by atoms with Crippen LogP contribution in [-0.2, 0) is 14.8 Å². The Bertz CT molecular complexity index is 1160. The predicted molar refractivity (Wildman–Crippen MR) is 123 cm³/mol. The molecule has 0 unspecified atom stereocenters. The predicted octanol–water partition coefficient (Wildman–Crippen LogP) is 4.21. The largest absolute Gasteiger partial charge is 0.448 e. The van der Waals surface area contributed by atoms with Crippen molar-refractivity contribution in [2.24, 2.45) is 5.92 Å². The summed E-state index contributed by atoms with van der Waals surface area (Å²) in [6, 6.07) is 8.44. The lowest BCUT2D eigenvalue weighted by atomic mass is 9.94. The molecular weight excluding hydrogens is 466 g/mol. The maximum Gasteiger partial charge on any atom is 0.251 e.